The Kier molecular flexibility index (Phi) is 4.15. The van der Waals surface area contributed by atoms with Gasteiger partial charge in [-0.1, -0.05) is 30.3 Å². The molecule has 1 aliphatic heterocycles. The molecule has 1 aromatic carbocycles. The van der Waals surface area contributed by atoms with E-state index in [4.69, 9.17) is 0 Å². The van der Waals surface area contributed by atoms with Crippen LogP contribution in [0.15, 0.2) is 30.3 Å². The SMILES string of the molecule is CC1CN(CC(=O)c2ccccc2)CC(C)N1C. The number of hydrogen-bond acceptors (Lipinski definition) is 3. The summed E-state index contributed by atoms with van der Waals surface area (Å²) in [5.74, 6) is 0.222. The van der Waals surface area contributed by atoms with Crippen LogP contribution in [-0.2, 0) is 0 Å². The number of carbonyl (C=O) groups excluding carboxylic acids is 1. The molecule has 0 spiro atoms. The fourth-order valence-electron chi connectivity index (χ4n) is 2.56. The van der Waals surface area contributed by atoms with E-state index >= 15 is 0 Å². The van der Waals surface area contributed by atoms with Gasteiger partial charge in [-0.15, -0.1) is 0 Å². The van der Waals surface area contributed by atoms with Gasteiger partial charge in [-0.25, -0.2) is 0 Å². The van der Waals surface area contributed by atoms with Crippen LogP contribution < -0.4 is 0 Å². The summed E-state index contributed by atoms with van der Waals surface area (Å²) in [5.41, 5.74) is 0.816. The average Bonchev–Trinajstić information content (AvgIpc) is 2.37. The molecular formula is C15H22N2O. The number of ketones is 1. The van der Waals surface area contributed by atoms with E-state index in [0.29, 0.717) is 18.6 Å². The van der Waals surface area contributed by atoms with Gasteiger partial charge in [0, 0.05) is 30.7 Å². The van der Waals surface area contributed by atoms with Gasteiger partial charge in [0.2, 0.25) is 0 Å². The van der Waals surface area contributed by atoms with E-state index in [2.05, 4.69) is 30.7 Å². The number of nitrogens with zero attached hydrogens (tertiary/aromatic N) is 2. The molecule has 3 nitrogen and oxygen atoms in total. The molecule has 98 valence electrons. The normalized spacial score (nSPS) is 26.2. The third kappa shape index (κ3) is 2.98. The molecule has 0 N–H and O–H groups in total. The van der Waals surface area contributed by atoms with Crippen LogP contribution in [-0.4, -0.2) is 54.3 Å². The predicted molar refractivity (Wildman–Crippen MR) is 73.9 cm³/mol. The van der Waals surface area contributed by atoms with Crippen molar-refractivity contribution in [3.8, 4) is 0 Å². The molecule has 1 saturated heterocycles. The summed E-state index contributed by atoms with van der Waals surface area (Å²) in [6, 6.07) is 10.6. The molecule has 0 aromatic heterocycles. The van der Waals surface area contributed by atoms with Crippen molar-refractivity contribution in [1.29, 1.82) is 0 Å². The Hall–Kier alpha value is -1.19. The number of piperazine rings is 1. The Morgan fingerprint density at radius 2 is 1.72 bits per heavy atom. The molecule has 3 heteroatoms. The lowest BCUT2D eigenvalue weighted by Crippen LogP contribution is -2.55. The lowest BCUT2D eigenvalue weighted by Gasteiger charge is -2.42. The van der Waals surface area contributed by atoms with Crippen LogP contribution >= 0.6 is 0 Å². The van der Waals surface area contributed by atoms with E-state index in [-0.39, 0.29) is 5.78 Å². The van der Waals surface area contributed by atoms with Gasteiger partial charge in [-0.2, -0.15) is 0 Å². The molecule has 0 saturated carbocycles. The van der Waals surface area contributed by atoms with Crippen LogP contribution in [0, 0.1) is 0 Å². The standard InChI is InChI=1S/C15H22N2O/c1-12-9-17(10-13(2)16(12)3)11-15(18)14-7-5-4-6-8-14/h4-8,12-13H,9-11H2,1-3H3. The second-order valence-electron chi connectivity index (χ2n) is 5.35. The molecule has 18 heavy (non-hydrogen) atoms. The monoisotopic (exact) mass is 246 g/mol. The highest BCUT2D eigenvalue weighted by atomic mass is 16.1. The number of hydrogen-bond donors (Lipinski definition) is 0. The quantitative estimate of drug-likeness (QED) is 0.761. The van der Waals surface area contributed by atoms with Crippen LogP contribution in [0.1, 0.15) is 24.2 Å². The van der Waals surface area contributed by atoms with Gasteiger partial charge in [0.1, 0.15) is 0 Å². The number of carbonyl (C=O) groups is 1. The van der Waals surface area contributed by atoms with E-state index in [1.165, 1.54) is 0 Å². The first-order chi connectivity index (χ1) is 8.58. The molecule has 1 fully saturated rings. The Morgan fingerprint density at radius 3 is 2.28 bits per heavy atom. The lowest BCUT2D eigenvalue weighted by atomic mass is 10.1. The zero-order valence-electron chi connectivity index (χ0n) is 11.5. The van der Waals surface area contributed by atoms with Gasteiger partial charge >= 0.3 is 0 Å². The average molecular weight is 246 g/mol. The van der Waals surface area contributed by atoms with Crippen molar-refractivity contribution in [3.63, 3.8) is 0 Å². The van der Waals surface area contributed by atoms with E-state index in [0.717, 1.165) is 18.7 Å². The molecule has 1 aromatic rings. The largest absolute Gasteiger partial charge is 0.298 e. The maximum absolute atomic E-state index is 12.2. The zero-order valence-corrected chi connectivity index (χ0v) is 11.5. The van der Waals surface area contributed by atoms with Gasteiger partial charge in [0.15, 0.2) is 5.78 Å². The van der Waals surface area contributed by atoms with Gasteiger partial charge in [0.05, 0.1) is 6.54 Å². The van der Waals surface area contributed by atoms with Gasteiger partial charge in [0.25, 0.3) is 0 Å². The molecule has 2 unspecified atom stereocenters. The predicted octanol–water partition coefficient (Wildman–Crippen LogP) is 1.89. The van der Waals surface area contributed by atoms with Gasteiger partial charge in [-0.05, 0) is 20.9 Å². The van der Waals surface area contributed by atoms with Crippen molar-refractivity contribution in [1.82, 2.24) is 9.80 Å². The van der Waals surface area contributed by atoms with Crippen molar-refractivity contribution in [2.45, 2.75) is 25.9 Å². The molecule has 0 bridgehead atoms. The molecule has 2 rings (SSSR count). The topological polar surface area (TPSA) is 23.6 Å². The smallest absolute Gasteiger partial charge is 0.176 e. The lowest BCUT2D eigenvalue weighted by molar-refractivity contribution is 0.0549. The maximum atomic E-state index is 12.2. The van der Waals surface area contributed by atoms with Crippen molar-refractivity contribution in [3.05, 3.63) is 35.9 Å². The third-order valence-corrected chi connectivity index (χ3v) is 3.90. The van der Waals surface area contributed by atoms with Crippen LogP contribution in [0.2, 0.25) is 0 Å². The fourth-order valence-corrected chi connectivity index (χ4v) is 2.56. The molecule has 0 amide bonds. The van der Waals surface area contributed by atoms with Gasteiger partial charge in [-0.3, -0.25) is 14.6 Å². The molecule has 0 radical (unpaired) electrons. The van der Waals surface area contributed by atoms with Crippen molar-refractivity contribution < 1.29 is 4.79 Å². The van der Waals surface area contributed by atoms with Crippen LogP contribution in [0.4, 0.5) is 0 Å². The fraction of sp³-hybridized carbons (Fsp3) is 0.533. The molecular weight excluding hydrogens is 224 g/mol. The summed E-state index contributed by atoms with van der Waals surface area (Å²) in [7, 11) is 2.16. The minimum absolute atomic E-state index is 0.222. The van der Waals surface area contributed by atoms with E-state index in [9.17, 15) is 4.79 Å². The van der Waals surface area contributed by atoms with E-state index in [1.54, 1.807) is 0 Å². The molecule has 2 atom stereocenters. The summed E-state index contributed by atoms with van der Waals surface area (Å²) >= 11 is 0. The van der Waals surface area contributed by atoms with Crippen LogP contribution in [0.25, 0.3) is 0 Å². The first-order valence-electron chi connectivity index (χ1n) is 6.60. The summed E-state index contributed by atoms with van der Waals surface area (Å²) in [6.45, 7) is 6.91. The van der Waals surface area contributed by atoms with E-state index < -0.39 is 0 Å². The summed E-state index contributed by atoms with van der Waals surface area (Å²) in [5, 5.41) is 0. The number of rotatable bonds is 3. The molecule has 1 heterocycles. The minimum Gasteiger partial charge on any atom is -0.298 e. The summed E-state index contributed by atoms with van der Waals surface area (Å²) < 4.78 is 0. The summed E-state index contributed by atoms with van der Waals surface area (Å²) in [4.78, 5) is 16.8. The van der Waals surface area contributed by atoms with Gasteiger partial charge < -0.3 is 0 Å². The number of Topliss-reactive ketones (excluding diaryl/α,β-unsaturated/α-hetero) is 1. The first kappa shape index (κ1) is 13.2. The van der Waals surface area contributed by atoms with E-state index in [1.807, 2.05) is 30.3 Å². The van der Waals surface area contributed by atoms with Crippen molar-refractivity contribution in [2.75, 3.05) is 26.7 Å². The highest BCUT2D eigenvalue weighted by Crippen LogP contribution is 2.13. The van der Waals surface area contributed by atoms with Crippen LogP contribution in [0.5, 0.6) is 0 Å². The summed E-state index contributed by atoms with van der Waals surface area (Å²) in [6.07, 6.45) is 0. The Bertz CT molecular complexity index is 392. The molecule has 0 aliphatic carbocycles. The number of benzene rings is 1. The molecule has 1 aliphatic rings. The zero-order chi connectivity index (χ0) is 13.1. The Balaban J connectivity index is 1.96. The Morgan fingerprint density at radius 1 is 1.17 bits per heavy atom. The highest BCUT2D eigenvalue weighted by molar-refractivity contribution is 5.97. The van der Waals surface area contributed by atoms with Crippen LogP contribution in [0.3, 0.4) is 0 Å². The second kappa shape index (κ2) is 5.63. The Labute approximate surface area is 109 Å². The number of likely N-dealkylation sites (N-methyl/N-ethyl adjacent to an activating group) is 1. The highest BCUT2D eigenvalue weighted by Gasteiger charge is 2.27. The second-order valence-corrected chi connectivity index (χ2v) is 5.35. The minimum atomic E-state index is 0.222. The first-order valence-corrected chi connectivity index (χ1v) is 6.60. The van der Waals surface area contributed by atoms with Crippen molar-refractivity contribution in [2.24, 2.45) is 0 Å². The third-order valence-electron chi connectivity index (χ3n) is 3.90. The maximum Gasteiger partial charge on any atom is 0.176 e. The van der Waals surface area contributed by atoms with Crippen molar-refractivity contribution >= 4 is 5.78 Å².